The minimum absolute atomic E-state index is 0.125. The van der Waals surface area contributed by atoms with Gasteiger partial charge in [-0.05, 0) is 30.5 Å². The molecule has 0 spiro atoms. The summed E-state index contributed by atoms with van der Waals surface area (Å²) in [6.07, 6.45) is 4.22. The average Bonchev–Trinajstić information content (AvgIpc) is 3.32. The van der Waals surface area contributed by atoms with Crippen LogP contribution in [-0.2, 0) is 24.5 Å². The van der Waals surface area contributed by atoms with Gasteiger partial charge in [-0.1, -0.05) is 43.2 Å². The lowest BCUT2D eigenvalue weighted by Crippen LogP contribution is -2.45. The zero-order chi connectivity index (χ0) is 25.1. The molecule has 0 amide bonds. The van der Waals surface area contributed by atoms with Crippen LogP contribution in [0.1, 0.15) is 45.1 Å². The molecular weight excluding hydrogens is 448 g/mol. The van der Waals surface area contributed by atoms with E-state index in [1.807, 2.05) is 18.2 Å². The van der Waals surface area contributed by atoms with Gasteiger partial charge >= 0.3 is 11.9 Å². The lowest BCUT2D eigenvalue weighted by molar-refractivity contribution is -0.222. The molecular formula is C27H32N2O6. The van der Waals surface area contributed by atoms with Crippen LogP contribution in [0, 0.1) is 0 Å². The Labute approximate surface area is 205 Å². The van der Waals surface area contributed by atoms with Crippen molar-refractivity contribution >= 4 is 17.6 Å². The van der Waals surface area contributed by atoms with Crippen molar-refractivity contribution in [3.05, 3.63) is 65.5 Å². The first-order chi connectivity index (χ1) is 16.8. The number of benzene rings is 2. The number of hydrogen-bond donors (Lipinski definition) is 2. The van der Waals surface area contributed by atoms with Gasteiger partial charge in [0.15, 0.2) is 5.57 Å². The van der Waals surface area contributed by atoms with Crippen LogP contribution >= 0.6 is 0 Å². The highest BCUT2D eigenvalue weighted by Gasteiger charge is 2.42. The fourth-order valence-electron chi connectivity index (χ4n) is 4.76. The number of carbonyl (C=O) groups is 2. The highest BCUT2D eigenvalue weighted by Crippen LogP contribution is 2.41. The monoisotopic (exact) mass is 480 g/mol. The molecule has 1 aliphatic heterocycles. The third-order valence-corrected chi connectivity index (χ3v) is 6.55. The Kier molecular flexibility index (Phi) is 6.91. The Morgan fingerprint density at radius 2 is 1.60 bits per heavy atom. The van der Waals surface area contributed by atoms with Gasteiger partial charge in [-0.15, -0.1) is 0 Å². The average molecular weight is 481 g/mol. The van der Waals surface area contributed by atoms with Gasteiger partial charge in [0.25, 0.3) is 5.79 Å². The molecule has 1 saturated carbocycles. The maximum absolute atomic E-state index is 12.9. The zero-order valence-electron chi connectivity index (χ0n) is 20.6. The van der Waals surface area contributed by atoms with Crippen LogP contribution in [0.5, 0.6) is 11.5 Å². The largest absolute Gasteiger partial charge is 0.497 e. The van der Waals surface area contributed by atoms with Crippen LogP contribution in [0.3, 0.4) is 0 Å². The number of ether oxygens (including phenoxy) is 4. The Hall–Kier alpha value is -3.68. The molecule has 0 unspecified atom stereocenters. The molecule has 2 N–H and O–H groups in total. The van der Waals surface area contributed by atoms with Crippen molar-refractivity contribution in [2.75, 3.05) is 26.1 Å². The van der Waals surface area contributed by atoms with Gasteiger partial charge in [-0.25, -0.2) is 9.59 Å². The molecule has 1 aliphatic carbocycles. The van der Waals surface area contributed by atoms with Crippen molar-refractivity contribution in [2.45, 2.75) is 50.7 Å². The summed E-state index contributed by atoms with van der Waals surface area (Å²) in [4.78, 5) is 25.9. The maximum atomic E-state index is 12.9. The molecule has 8 nitrogen and oxygen atoms in total. The van der Waals surface area contributed by atoms with Crippen molar-refractivity contribution in [2.24, 2.45) is 0 Å². The first-order valence-corrected chi connectivity index (χ1v) is 11.8. The summed E-state index contributed by atoms with van der Waals surface area (Å²) in [5.74, 6) is -1.54. The van der Waals surface area contributed by atoms with Crippen molar-refractivity contribution in [3.63, 3.8) is 0 Å². The quantitative estimate of drug-likeness (QED) is 0.329. The van der Waals surface area contributed by atoms with E-state index in [0.29, 0.717) is 23.7 Å². The molecule has 0 atom stereocenters. The second-order valence-electron chi connectivity index (χ2n) is 9.33. The van der Waals surface area contributed by atoms with Crippen molar-refractivity contribution < 1.29 is 28.5 Å². The molecule has 2 aliphatic rings. The lowest BCUT2D eigenvalue weighted by Gasteiger charge is -2.33. The summed E-state index contributed by atoms with van der Waals surface area (Å²) < 4.78 is 21.5. The van der Waals surface area contributed by atoms with Crippen LogP contribution in [0.4, 0.5) is 5.69 Å². The third kappa shape index (κ3) is 5.21. The maximum Gasteiger partial charge on any atom is 0.352 e. The number of rotatable bonds is 8. The second-order valence-corrected chi connectivity index (χ2v) is 9.33. The first kappa shape index (κ1) is 24.4. The topological polar surface area (TPSA) is 95.1 Å². The first-order valence-electron chi connectivity index (χ1n) is 11.8. The standard InChI is InChI=1S/C27H32N2O6/c1-26(2)34-24(30)22(25(31)35-26)23(29-20-13-12-19(32-3)16-21(20)33-4)28-17-27(14-8-9-15-27)18-10-6-5-7-11-18/h5-7,10-13,16,28-29H,8-9,14-15,17H2,1-4H3. The van der Waals surface area contributed by atoms with Crippen LogP contribution in [0.25, 0.3) is 0 Å². The summed E-state index contributed by atoms with van der Waals surface area (Å²) in [6.45, 7) is 3.57. The lowest BCUT2D eigenvalue weighted by atomic mass is 9.79. The van der Waals surface area contributed by atoms with E-state index in [2.05, 4.69) is 22.8 Å². The molecule has 0 bridgehead atoms. The van der Waals surface area contributed by atoms with Gasteiger partial charge in [0, 0.05) is 31.9 Å². The molecule has 8 heteroatoms. The van der Waals surface area contributed by atoms with Gasteiger partial charge in [-0.3, -0.25) is 0 Å². The van der Waals surface area contributed by atoms with Crippen LogP contribution in [0.2, 0.25) is 0 Å². The van der Waals surface area contributed by atoms with E-state index in [4.69, 9.17) is 18.9 Å². The van der Waals surface area contributed by atoms with E-state index in [-0.39, 0.29) is 16.8 Å². The van der Waals surface area contributed by atoms with Gasteiger partial charge in [0.1, 0.15) is 17.3 Å². The van der Waals surface area contributed by atoms with Gasteiger partial charge in [-0.2, -0.15) is 0 Å². The molecule has 1 saturated heterocycles. The number of carbonyl (C=O) groups excluding carboxylic acids is 2. The summed E-state index contributed by atoms with van der Waals surface area (Å²) in [7, 11) is 3.10. The zero-order valence-corrected chi connectivity index (χ0v) is 20.6. The molecule has 0 aromatic heterocycles. The predicted octanol–water partition coefficient (Wildman–Crippen LogP) is 4.27. The van der Waals surface area contributed by atoms with Crippen molar-refractivity contribution in [1.82, 2.24) is 5.32 Å². The van der Waals surface area contributed by atoms with Gasteiger partial charge in [0.05, 0.1) is 19.9 Å². The van der Waals surface area contributed by atoms with E-state index in [1.54, 1.807) is 25.3 Å². The van der Waals surface area contributed by atoms with Crippen molar-refractivity contribution in [1.29, 1.82) is 0 Å². The summed E-state index contributed by atoms with van der Waals surface area (Å²) in [6, 6.07) is 15.6. The van der Waals surface area contributed by atoms with Gasteiger partial charge in [0.2, 0.25) is 0 Å². The molecule has 35 heavy (non-hydrogen) atoms. The summed E-state index contributed by atoms with van der Waals surface area (Å²) in [5.41, 5.74) is 1.43. The highest BCUT2D eigenvalue weighted by molar-refractivity contribution is 6.16. The van der Waals surface area contributed by atoms with E-state index < -0.39 is 17.7 Å². The number of esters is 2. The normalized spacial score (nSPS) is 18.3. The molecule has 2 aromatic carbocycles. The Morgan fingerprint density at radius 3 is 2.20 bits per heavy atom. The highest BCUT2D eigenvalue weighted by atomic mass is 16.7. The van der Waals surface area contributed by atoms with E-state index in [9.17, 15) is 9.59 Å². The number of hydrogen-bond acceptors (Lipinski definition) is 8. The third-order valence-electron chi connectivity index (χ3n) is 6.55. The smallest absolute Gasteiger partial charge is 0.352 e. The minimum Gasteiger partial charge on any atom is -0.497 e. The number of methoxy groups -OCH3 is 2. The SMILES string of the molecule is COc1ccc(NC(NCC2(c3ccccc3)CCCC2)=C2C(=O)OC(C)(C)OC2=O)c(OC)c1. The molecule has 2 aromatic rings. The van der Waals surface area contributed by atoms with Crippen LogP contribution < -0.4 is 20.1 Å². The number of cyclic esters (lactones) is 2. The molecule has 0 radical (unpaired) electrons. The number of nitrogens with one attached hydrogen (secondary N) is 2. The van der Waals surface area contributed by atoms with Crippen molar-refractivity contribution in [3.8, 4) is 11.5 Å². The van der Waals surface area contributed by atoms with Gasteiger partial charge < -0.3 is 29.6 Å². The second kappa shape index (κ2) is 9.90. The summed E-state index contributed by atoms with van der Waals surface area (Å²) >= 11 is 0. The molecule has 4 rings (SSSR count). The molecule has 186 valence electrons. The van der Waals surface area contributed by atoms with E-state index in [0.717, 1.165) is 25.7 Å². The minimum atomic E-state index is -1.34. The van der Waals surface area contributed by atoms with E-state index in [1.165, 1.54) is 26.5 Å². The van der Waals surface area contributed by atoms with E-state index >= 15 is 0 Å². The van der Waals surface area contributed by atoms with Crippen LogP contribution in [-0.4, -0.2) is 38.5 Å². The van der Waals surface area contributed by atoms with Crippen LogP contribution in [0.15, 0.2) is 59.9 Å². The molecule has 1 heterocycles. The molecule has 2 fully saturated rings. The fraction of sp³-hybridized carbons (Fsp3) is 0.407. The Balaban J connectivity index is 1.71. The summed E-state index contributed by atoms with van der Waals surface area (Å²) in [5, 5.41) is 6.55. The Morgan fingerprint density at radius 1 is 0.943 bits per heavy atom. The Bertz CT molecular complexity index is 1100. The fourth-order valence-corrected chi connectivity index (χ4v) is 4.76. The number of anilines is 1. The predicted molar refractivity (Wildman–Crippen MR) is 131 cm³/mol.